The number of benzene rings is 2. The summed E-state index contributed by atoms with van der Waals surface area (Å²) in [4.78, 5) is 16.4. The summed E-state index contributed by atoms with van der Waals surface area (Å²) in [7, 11) is 0. The van der Waals surface area contributed by atoms with Crippen LogP contribution in [-0.2, 0) is 11.3 Å². The first-order chi connectivity index (χ1) is 14.3. The summed E-state index contributed by atoms with van der Waals surface area (Å²) in [5.41, 5.74) is 2.41. The summed E-state index contributed by atoms with van der Waals surface area (Å²) in [6.07, 6.45) is 5.39. The zero-order valence-electron chi connectivity index (χ0n) is 16.2. The van der Waals surface area contributed by atoms with Crippen molar-refractivity contribution in [3.05, 3.63) is 72.8 Å². The molecule has 7 heteroatoms. The minimum atomic E-state index is -0.169. The highest BCUT2D eigenvalue weighted by Gasteiger charge is 2.10. The van der Waals surface area contributed by atoms with E-state index in [2.05, 4.69) is 10.3 Å². The van der Waals surface area contributed by atoms with Crippen LogP contribution in [-0.4, -0.2) is 53.5 Å². The number of hydrogen-bond donors (Lipinski definition) is 2. The van der Waals surface area contributed by atoms with Crippen molar-refractivity contribution in [3.8, 4) is 16.9 Å². The molecule has 0 saturated heterocycles. The summed E-state index contributed by atoms with van der Waals surface area (Å²) in [6.45, 7) is 2.20. The molecule has 0 saturated carbocycles. The fraction of sp³-hybridized carbons (Fsp3) is 0.273. The van der Waals surface area contributed by atoms with Crippen molar-refractivity contribution in [2.24, 2.45) is 0 Å². The maximum Gasteiger partial charge on any atom is 0.251 e. The third kappa shape index (κ3) is 6.17. The number of amides is 1. The van der Waals surface area contributed by atoms with Gasteiger partial charge < -0.3 is 24.5 Å². The van der Waals surface area contributed by atoms with Crippen molar-refractivity contribution in [1.29, 1.82) is 0 Å². The number of aliphatic hydroxyl groups is 1. The third-order valence-corrected chi connectivity index (χ3v) is 4.26. The Labute approximate surface area is 169 Å². The van der Waals surface area contributed by atoms with Gasteiger partial charge in [-0.1, -0.05) is 30.3 Å². The molecule has 7 nitrogen and oxygen atoms in total. The van der Waals surface area contributed by atoms with Gasteiger partial charge in [-0.05, 0) is 23.8 Å². The van der Waals surface area contributed by atoms with E-state index >= 15 is 0 Å². The highest BCUT2D eigenvalue weighted by Crippen LogP contribution is 2.30. The van der Waals surface area contributed by atoms with Crippen LogP contribution in [0.3, 0.4) is 0 Å². The minimum Gasteiger partial charge on any atom is -0.491 e. The summed E-state index contributed by atoms with van der Waals surface area (Å²) in [5, 5.41) is 11.5. The van der Waals surface area contributed by atoms with Gasteiger partial charge in [0.25, 0.3) is 5.91 Å². The van der Waals surface area contributed by atoms with E-state index < -0.39 is 0 Å². The molecule has 0 radical (unpaired) electrons. The fourth-order valence-electron chi connectivity index (χ4n) is 2.84. The monoisotopic (exact) mass is 395 g/mol. The maximum absolute atomic E-state index is 12.4. The lowest BCUT2D eigenvalue weighted by Gasteiger charge is -2.13. The Morgan fingerprint density at radius 1 is 1.10 bits per heavy atom. The Morgan fingerprint density at radius 2 is 2.00 bits per heavy atom. The Hall–Kier alpha value is -3.16. The molecule has 0 aliphatic heterocycles. The molecular formula is C22H25N3O4. The summed E-state index contributed by atoms with van der Waals surface area (Å²) in [5.74, 6) is 0.598. The van der Waals surface area contributed by atoms with E-state index in [-0.39, 0.29) is 19.1 Å². The molecule has 1 aromatic heterocycles. The molecule has 152 valence electrons. The van der Waals surface area contributed by atoms with E-state index in [9.17, 15) is 4.79 Å². The number of aliphatic hydroxyl groups excluding tert-OH is 1. The number of imidazole rings is 1. The van der Waals surface area contributed by atoms with Gasteiger partial charge in [0.2, 0.25) is 0 Å². The second-order valence-corrected chi connectivity index (χ2v) is 6.32. The standard InChI is InChI=1S/C22H25N3O4/c26-12-15-28-13-9-24-22(27)19-5-3-4-18(16-19)20-6-1-2-7-21(20)29-14-11-25-10-8-23-17-25/h1-8,10,16-17,26H,9,11-15H2,(H,24,27). The molecule has 1 amide bonds. The highest BCUT2D eigenvalue weighted by molar-refractivity contribution is 5.95. The molecule has 0 unspecified atom stereocenters. The van der Waals surface area contributed by atoms with E-state index in [0.29, 0.717) is 31.9 Å². The summed E-state index contributed by atoms with van der Waals surface area (Å²) >= 11 is 0. The number of nitrogens with one attached hydrogen (secondary N) is 1. The second kappa shape index (κ2) is 11.0. The Balaban J connectivity index is 1.64. The molecule has 2 aromatic carbocycles. The Kier molecular flexibility index (Phi) is 7.80. The lowest BCUT2D eigenvalue weighted by molar-refractivity contribution is 0.0838. The van der Waals surface area contributed by atoms with Crippen molar-refractivity contribution in [3.63, 3.8) is 0 Å². The van der Waals surface area contributed by atoms with Crippen molar-refractivity contribution < 1.29 is 19.4 Å². The van der Waals surface area contributed by atoms with Crippen LogP contribution in [0.5, 0.6) is 5.75 Å². The van der Waals surface area contributed by atoms with Gasteiger partial charge in [0.1, 0.15) is 12.4 Å². The topological polar surface area (TPSA) is 85.6 Å². The molecule has 0 spiro atoms. The van der Waals surface area contributed by atoms with Gasteiger partial charge in [-0.3, -0.25) is 4.79 Å². The molecule has 1 heterocycles. The van der Waals surface area contributed by atoms with Crippen LogP contribution in [0.1, 0.15) is 10.4 Å². The van der Waals surface area contributed by atoms with Crippen LogP contribution >= 0.6 is 0 Å². The van der Waals surface area contributed by atoms with Crippen molar-refractivity contribution in [2.75, 3.05) is 33.0 Å². The smallest absolute Gasteiger partial charge is 0.251 e. The first kappa shape index (κ1) is 20.6. The molecular weight excluding hydrogens is 370 g/mol. The average molecular weight is 395 g/mol. The van der Waals surface area contributed by atoms with Crippen LogP contribution in [0.25, 0.3) is 11.1 Å². The predicted molar refractivity (Wildman–Crippen MR) is 110 cm³/mol. The molecule has 0 fully saturated rings. The average Bonchev–Trinajstić information content (AvgIpc) is 3.27. The predicted octanol–water partition coefficient (Wildman–Crippen LogP) is 2.37. The van der Waals surface area contributed by atoms with Gasteiger partial charge in [-0.2, -0.15) is 0 Å². The Bertz CT molecular complexity index is 897. The number of hydrogen-bond acceptors (Lipinski definition) is 5. The fourth-order valence-corrected chi connectivity index (χ4v) is 2.84. The van der Waals surface area contributed by atoms with Crippen LogP contribution in [0, 0.1) is 0 Å². The SMILES string of the molecule is O=C(NCCOCCO)c1cccc(-c2ccccc2OCCn2ccnc2)c1. The molecule has 0 aliphatic carbocycles. The molecule has 3 aromatic rings. The zero-order chi connectivity index (χ0) is 20.3. The van der Waals surface area contributed by atoms with E-state index in [0.717, 1.165) is 16.9 Å². The molecule has 0 bridgehead atoms. The Morgan fingerprint density at radius 3 is 2.83 bits per heavy atom. The van der Waals surface area contributed by atoms with Crippen LogP contribution in [0.2, 0.25) is 0 Å². The van der Waals surface area contributed by atoms with Crippen LogP contribution in [0.4, 0.5) is 0 Å². The maximum atomic E-state index is 12.4. The van der Waals surface area contributed by atoms with Crippen molar-refractivity contribution in [2.45, 2.75) is 6.54 Å². The number of nitrogens with zero attached hydrogens (tertiary/aromatic N) is 2. The number of carbonyl (C=O) groups excluding carboxylic acids is 1. The van der Waals surface area contributed by atoms with E-state index in [1.165, 1.54) is 0 Å². The first-order valence-electron chi connectivity index (χ1n) is 9.53. The lowest BCUT2D eigenvalue weighted by Crippen LogP contribution is -2.27. The normalized spacial score (nSPS) is 10.7. The number of para-hydroxylation sites is 1. The number of carbonyl (C=O) groups is 1. The van der Waals surface area contributed by atoms with Gasteiger partial charge in [-0.25, -0.2) is 4.98 Å². The quantitative estimate of drug-likeness (QED) is 0.487. The minimum absolute atomic E-state index is 0.0280. The summed E-state index contributed by atoms with van der Waals surface area (Å²) < 4.78 is 13.1. The molecule has 3 rings (SSSR count). The zero-order valence-corrected chi connectivity index (χ0v) is 16.2. The molecule has 29 heavy (non-hydrogen) atoms. The van der Waals surface area contributed by atoms with E-state index in [4.69, 9.17) is 14.6 Å². The molecule has 0 aliphatic rings. The second-order valence-electron chi connectivity index (χ2n) is 6.32. The van der Waals surface area contributed by atoms with Gasteiger partial charge in [0, 0.05) is 30.1 Å². The third-order valence-electron chi connectivity index (χ3n) is 4.26. The van der Waals surface area contributed by atoms with Gasteiger partial charge in [-0.15, -0.1) is 0 Å². The largest absolute Gasteiger partial charge is 0.491 e. The first-order valence-corrected chi connectivity index (χ1v) is 9.53. The van der Waals surface area contributed by atoms with Gasteiger partial charge in [0.15, 0.2) is 0 Å². The van der Waals surface area contributed by atoms with Crippen molar-refractivity contribution >= 4 is 5.91 Å². The van der Waals surface area contributed by atoms with Crippen LogP contribution < -0.4 is 10.1 Å². The van der Waals surface area contributed by atoms with E-state index in [1.807, 2.05) is 53.2 Å². The number of rotatable bonds is 11. The van der Waals surface area contributed by atoms with Gasteiger partial charge in [0.05, 0.1) is 32.7 Å². The summed E-state index contributed by atoms with van der Waals surface area (Å²) in [6, 6.07) is 15.2. The van der Waals surface area contributed by atoms with Crippen LogP contribution in [0.15, 0.2) is 67.3 Å². The highest BCUT2D eigenvalue weighted by atomic mass is 16.5. The van der Waals surface area contributed by atoms with Gasteiger partial charge >= 0.3 is 0 Å². The van der Waals surface area contributed by atoms with E-state index in [1.54, 1.807) is 18.6 Å². The molecule has 2 N–H and O–H groups in total. The number of ether oxygens (including phenoxy) is 2. The lowest BCUT2D eigenvalue weighted by atomic mass is 10.0. The molecule has 0 atom stereocenters. The van der Waals surface area contributed by atoms with Crippen molar-refractivity contribution in [1.82, 2.24) is 14.9 Å². The number of aromatic nitrogens is 2.